The summed E-state index contributed by atoms with van der Waals surface area (Å²) in [6, 6.07) is 10.3. The number of benzene rings is 2. The van der Waals surface area contributed by atoms with Crippen molar-refractivity contribution in [2.75, 3.05) is 4.72 Å². The van der Waals surface area contributed by atoms with Crippen LogP contribution in [0, 0.1) is 20.8 Å². The topological polar surface area (TPSA) is 75.3 Å². The molecule has 0 spiro atoms. The molecule has 0 fully saturated rings. The first-order valence-electron chi connectivity index (χ1n) is 9.15. The van der Waals surface area contributed by atoms with Gasteiger partial charge in [-0.25, -0.2) is 8.42 Å². The zero-order chi connectivity index (χ0) is 20.2. The van der Waals surface area contributed by atoms with Gasteiger partial charge in [0.25, 0.3) is 15.9 Å². The molecule has 2 aromatic carbocycles. The number of hydrogen-bond acceptors (Lipinski definition) is 3. The van der Waals surface area contributed by atoms with Crippen LogP contribution in [0.4, 0.5) is 5.69 Å². The highest BCUT2D eigenvalue weighted by Crippen LogP contribution is 2.23. The highest BCUT2D eigenvalue weighted by molar-refractivity contribution is 7.92. The fraction of sp³-hybridized carbons (Fsp3) is 0.381. The lowest BCUT2D eigenvalue weighted by Gasteiger charge is -2.15. The summed E-state index contributed by atoms with van der Waals surface area (Å²) in [5.41, 5.74) is 3.37. The molecule has 1 amide bonds. The fourth-order valence-electron chi connectivity index (χ4n) is 2.97. The second-order valence-corrected chi connectivity index (χ2v) is 8.72. The molecule has 0 heterocycles. The largest absolute Gasteiger partial charge is 0.350 e. The molecule has 0 bridgehead atoms. The molecule has 0 aromatic heterocycles. The number of aryl methyl sites for hydroxylation is 3. The lowest BCUT2D eigenvalue weighted by Crippen LogP contribution is -2.32. The molecule has 0 aliphatic heterocycles. The molecule has 2 N–H and O–H groups in total. The van der Waals surface area contributed by atoms with Crippen LogP contribution in [0.5, 0.6) is 0 Å². The van der Waals surface area contributed by atoms with E-state index in [0.717, 1.165) is 24.0 Å². The third kappa shape index (κ3) is 5.32. The van der Waals surface area contributed by atoms with Crippen LogP contribution >= 0.6 is 0 Å². The summed E-state index contributed by atoms with van der Waals surface area (Å²) in [5.74, 6) is -0.265. The molecule has 1 atom stereocenters. The van der Waals surface area contributed by atoms with Gasteiger partial charge in [-0.2, -0.15) is 0 Å². The van der Waals surface area contributed by atoms with Crippen molar-refractivity contribution >= 4 is 21.6 Å². The summed E-state index contributed by atoms with van der Waals surface area (Å²) in [6.07, 6.45) is 1.84. The molecule has 0 unspecified atom stereocenters. The Morgan fingerprint density at radius 1 is 1.04 bits per heavy atom. The van der Waals surface area contributed by atoms with Crippen molar-refractivity contribution < 1.29 is 13.2 Å². The minimum atomic E-state index is -3.80. The lowest BCUT2D eigenvalue weighted by atomic mass is 10.1. The van der Waals surface area contributed by atoms with E-state index in [-0.39, 0.29) is 16.8 Å². The highest BCUT2D eigenvalue weighted by Gasteiger charge is 2.20. The monoisotopic (exact) mass is 388 g/mol. The van der Waals surface area contributed by atoms with Crippen molar-refractivity contribution in [3.05, 3.63) is 58.7 Å². The Morgan fingerprint density at radius 2 is 1.74 bits per heavy atom. The summed E-state index contributed by atoms with van der Waals surface area (Å²) in [7, 11) is -3.80. The normalized spacial score (nSPS) is 12.5. The number of sulfonamides is 1. The quantitative estimate of drug-likeness (QED) is 0.741. The van der Waals surface area contributed by atoms with Crippen LogP contribution < -0.4 is 10.0 Å². The molecule has 2 rings (SSSR count). The Bertz CT molecular complexity index is 936. The molecule has 0 aliphatic rings. The second-order valence-electron chi connectivity index (χ2n) is 7.07. The van der Waals surface area contributed by atoms with Crippen molar-refractivity contribution in [3.8, 4) is 0 Å². The molecule has 27 heavy (non-hydrogen) atoms. The number of nitrogens with one attached hydrogen (secondary N) is 2. The second kappa shape index (κ2) is 8.57. The standard InChI is InChI=1S/C21H28N2O3S/c1-6-7-17(5)22-21(24)18-10-9-15(3)20(13-18)27(25,26)23-19-11-8-14(2)12-16(19)4/h8-13,17,23H,6-7H2,1-5H3,(H,22,24)/t17-/m0/s1. The number of carbonyl (C=O) groups is 1. The van der Waals surface area contributed by atoms with Crippen LogP contribution in [-0.4, -0.2) is 20.4 Å². The molecular formula is C21H28N2O3S. The van der Waals surface area contributed by atoms with Gasteiger partial charge < -0.3 is 5.32 Å². The Labute approximate surface area is 162 Å². The first kappa shape index (κ1) is 21.0. The number of anilines is 1. The van der Waals surface area contributed by atoms with Crippen molar-refractivity contribution in [2.45, 2.75) is 58.4 Å². The van der Waals surface area contributed by atoms with E-state index in [1.807, 2.05) is 32.9 Å². The number of amides is 1. The van der Waals surface area contributed by atoms with Gasteiger partial charge in [0.2, 0.25) is 0 Å². The van der Waals surface area contributed by atoms with E-state index < -0.39 is 10.0 Å². The van der Waals surface area contributed by atoms with E-state index in [9.17, 15) is 13.2 Å². The predicted molar refractivity (Wildman–Crippen MR) is 110 cm³/mol. The summed E-state index contributed by atoms with van der Waals surface area (Å²) in [4.78, 5) is 12.6. The zero-order valence-electron chi connectivity index (χ0n) is 16.6. The Hall–Kier alpha value is -2.34. The van der Waals surface area contributed by atoms with Gasteiger partial charge >= 0.3 is 0 Å². The lowest BCUT2D eigenvalue weighted by molar-refractivity contribution is 0.0938. The summed E-state index contributed by atoms with van der Waals surface area (Å²) < 4.78 is 28.5. The van der Waals surface area contributed by atoms with Gasteiger partial charge in [0.15, 0.2) is 0 Å². The van der Waals surface area contributed by atoms with Crippen molar-refractivity contribution in [1.29, 1.82) is 0 Å². The van der Waals surface area contributed by atoms with E-state index in [1.54, 1.807) is 25.1 Å². The van der Waals surface area contributed by atoms with E-state index in [2.05, 4.69) is 17.0 Å². The molecule has 146 valence electrons. The van der Waals surface area contributed by atoms with E-state index in [0.29, 0.717) is 16.8 Å². The van der Waals surface area contributed by atoms with Crippen LogP contribution in [0.2, 0.25) is 0 Å². The van der Waals surface area contributed by atoms with Gasteiger partial charge in [0, 0.05) is 11.6 Å². The minimum absolute atomic E-state index is 0.0391. The van der Waals surface area contributed by atoms with Crippen molar-refractivity contribution in [1.82, 2.24) is 5.32 Å². The number of carbonyl (C=O) groups excluding carboxylic acids is 1. The molecule has 0 saturated carbocycles. The van der Waals surface area contributed by atoms with Gasteiger partial charge in [0.1, 0.15) is 0 Å². The maximum Gasteiger partial charge on any atom is 0.262 e. The SMILES string of the molecule is CCC[C@H](C)NC(=O)c1ccc(C)c(S(=O)(=O)Nc2ccc(C)cc2C)c1. The fourth-order valence-corrected chi connectivity index (χ4v) is 4.37. The molecule has 5 nitrogen and oxygen atoms in total. The average Bonchev–Trinajstić information content (AvgIpc) is 2.57. The van der Waals surface area contributed by atoms with E-state index in [1.165, 1.54) is 6.07 Å². The Morgan fingerprint density at radius 3 is 2.37 bits per heavy atom. The molecule has 0 saturated heterocycles. The third-order valence-electron chi connectivity index (χ3n) is 4.47. The Kier molecular flexibility index (Phi) is 6.65. The molecule has 0 radical (unpaired) electrons. The van der Waals surface area contributed by atoms with Crippen LogP contribution in [0.25, 0.3) is 0 Å². The van der Waals surface area contributed by atoms with Crippen LogP contribution in [0.1, 0.15) is 53.7 Å². The summed E-state index contributed by atoms with van der Waals surface area (Å²) >= 11 is 0. The van der Waals surface area contributed by atoms with Crippen molar-refractivity contribution in [3.63, 3.8) is 0 Å². The molecular weight excluding hydrogens is 360 g/mol. The van der Waals surface area contributed by atoms with Gasteiger partial charge in [-0.05, 0) is 63.4 Å². The average molecular weight is 389 g/mol. The predicted octanol–water partition coefficient (Wildman–Crippen LogP) is 4.33. The molecule has 2 aromatic rings. The number of rotatable bonds is 7. The maximum absolute atomic E-state index is 12.9. The maximum atomic E-state index is 12.9. The minimum Gasteiger partial charge on any atom is -0.350 e. The molecule has 6 heteroatoms. The van der Waals surface area contributed by atoms with Crippen LogP contribution in [0.3, 0.4) is 0 Å². The van der Waals surface area contributed by atoms with Crippen LogP contribution in [0.15, 0.2) is 41.3 Å². The smallest absolute Gasteiger partial charge is 0.262 e. The first-order chi connectivity index (χ1) is 12.6. The number of hydrogen-bond donors (Lipinski definition) is 2. The van der Waals surface area contributed by atoms with Gasteiger partial charge in [-0.15, -0.1) is 0 Å². The van der Waals surface area contributed by atoms with Crippen molar-refractivity contribution in [2.24, 2.45) is 0 Å². The first-order valence-corrected chi connectivity index (χ1v) is 10.6. The van der Waals surface area contributed by atoms with Gasteiger partial charge in [-0.3, -0.25) is 9.52 Å². The van der Waals surface area contributed by atoms with E-state index in [4.69, 9.17) is 0 Å². The Balaban J connectivity index is 2.32. The van der Waals surface area contributed by atoms with E-state index >= 15 is 0 Å². The summed E-state index contributed by atoms with van der Waals surface area (Å²) in [5, 5.41) is 2.91. The highest BCUT2D eigenvalue weighted by atomic mass is 32.2. The summed E-state index contributed by atoms with van der Waals surface area (Å²) in [6.45, 7) is 9.53. The zero-order valence-corrected chi connectivity index (χ0v) is 17.4. The van der Waals surface area contributed by atoms with Gasteiger partial charge in [0.05, 0.1) is 10.6 Å². The van der Waals surface area contributed by atoms with Gasteiger partial charge in [-0.1, -0.05) is 37.1 Å². The third-order valence-corrected chi connectivity index (χ3v) is 5.97. The van der Waals surface area contributed by atoms with Crippen LogP contribution in [-0.2, 0) is 10.0 Å². The molecule has 0 aliphatic carbocycles.